The lowest BCUT2D eigenvalue weighted by Gasteiger charge is -2.47. The first-order valence-electron chi connectivity index (χ1n) is 7.07. The molecule has 0 bridgehead atoms. The number of hydrogen-bond acceptors (Lipinski definition) is 4. The van der Waals surface area contributed by atoms with Crippen molar-refractivity contribution in [1.82, 2.24) is 0 Å². The van der Waals surface area contributed by atoms with Crippen LogP contribution >= 0.6 is 0 Å². The summed E-state index contributed by atoms with van der Waals surface area (Å²) in [6.07, 6.45) is 4.08. The lowest BCUT2D eigenvalue weighted by Crippen LogP contribution is -2.47. The first-order valence-corrected chi connectivity index (χ1v) is 7.07. The molecule has 0 N–H and O–H groups in total. The molecule has 5 heteroatoms. The summed E-state index contributed by atoms with van der Waals surface area (Å²) in [7, 11) is 0. The molecule has 1 aromatic rings. The third-order valence-corrected chi connectivity index (χ3v) is 4.72. The standard InChI is InChI=1S/C16H16FNO3/c17-14-5-11(9-19)12(10-20)6-15(14)18-3-1-16(2-4-18)7-13(21)8-16/h5-6,9-10H,1-4,7-8H2. The minimum absolute atomic E-state index is 0.0734. The van der Waals surface area contributed by atoms with Crippen LogP contribution in [0.5, 0.6) is 0 Å². The highest BCUT2D eigenvalue weighted by molar-refractivity contribution is 5.91. The highest BCUT2D eigenvalue weighted by Crippen LogP contribution is 2.47. The fraction of sp³-hybridized carbons (Fsp3) is 0.438. The largest absolute Gasteiger partial charge is 0.369 e. The summed E-state index contributed by atoms with van der Waals surface area (Å²) in [5.41, 5.74) is 0.772. The molecule has 2 fully saturated rings. The van der Waals surface area contributed by atoms with Crippen LogP contribution in [0.2, 0.25) is 0 Å². The van der Waals surface area contributed by atoms with Gasteiger partial charge in [-0.2, -0.15) is 0 Å². The van der Waals surface area contributed by atoms with Gasteiger partial charge in [0.2, 0.25) is 0 Å². The number of nitrogens with zero attached hydrogens (tertiary/aromatic N) is 1. The van der Waals surface area contributed by atoms with Gasteiger partial charge in [0, 0.05) is 37.1 Å². The van der Waals surface area contributed by atoms with E-state index in [-0.39, 0.29) is 16.5 Å². The number of Topliss-reactive ketones (excluding diaryl/α,β-unsaturated/α-hetero) is 1. The van der Waals surface area contributed by atoms with Crippen LogP contribution in [0.25, 0.3) is 0 Å². The Morgan fingerprint density at radius 3 is 2.14 bits per heavy atom. The Labute approximate surface area is 121 Å². The number of benzene rings is 1. The summed E-state index contributed by atoms with van der Waals surface area (Å²) in [6.45, 7) is 1.34. The number of rotatable bonds is 3. The van der Waals surface area contributed by atoms with Gasteiger partial charge >= 0.3 is 0 Å². The van der Waals surface area contributed by atoms with E-state index in [1.165, 1.54) is 6.07 Å². The second-order valence-corrected chi connectivity index (χ2v) is 6.05. The molecule has 1 heterocycles. The second kappa shape index (κ2) is 5.06. The zero-order chi connectivity index (χ0) is 15.0. The van der Waals surface area contributed by atoms with Gasteiger partial charge in [-0.3, -0.25) is 14.4 Å². The van der Waals surface area contributed by atoms with E-state index < -0.39 is 5.82 Å². The predicted octanol–water partition coefficient (Wildman–Crippen LogP) is 2.40. The number of piperidine rings is 1. The number of carbonyl (C=O) groups is 3. The molecule has 2 aliphatic rings. The van der Waals surface area contributed by atoms with Gasteiger partial charge in [-0.15, -0.1) is 0 Å². The normalized spacial score (nSPS) is 20.2. The van der Waals surface area contributed by atoms with Gasteiger partial charge in [-0.25, -0.2) is 4.39 Å². The van der Waals surface area contributed by atoms with Gasteiger partial charge in [-0.05, 0) is 30.4 Å². The Bertz CT molecular complexity index is 608. The number of ketones is 1. The minimum atomic E-state index is -0.483. The average molecular weight is 289 g/mol. The highest BCUT2D eigenvalue weighted by Gasteiger charge is 2.45. The monoisotopic (exact) mass is 289 g/mol. The van der Waals surface area contributed by atoms with Gasteiger partial charge in [0.1, 0.15) is 11.6 Å². The Hall–Kier alpha value is -2.04. The Balaban J connectivity index is 1.80. The summed E-state index contributed by atoms with van der Waals surface area (Å²) in [6, 6.07) is 2.55. The van der Waals surface area contributed by atoms with Crippen molar-refractivity contribution in [1.29, 1.82) is 0 Å². The molecule has 1 aliphatic carbocycles. The SMILES string of the molecule is O=Cc1cc(F)c(N2CCC3(CC2)CC(=O)C3)cc1C=O. The highest BCUT2D eigenvalue weighted by atomic mass is 19.1. The predicted molar refractivity (Wildman–Crippen MR) is 75.3 cm³/mol. The molecule has 4 nitrogen and oxygen atoms in total. The third kappa shape index (κ3) is 2.37. The topological polar surface area (TPSA) is 54.5 Å². The summed E-state index contributed by atoms with van der Waals surface area (Å²) < 4.78 is 14.1. The molecule has 1 aromatic carbocycles. The number of carbonyl (C=O) groups excluding carboxylic acids is 3. The maximum atomic E-state index is 14.1. The quantitative estimate of drug-likeness (QED) is 0.802. The number of halogens is 1. The van der Waals surface area contributed by atoms with Gasteiger partial charge in [-0.1, -0.05) is 0 Å². The van der Waals surface area contributed by atoms with Crippen molar-refractivity contribution in [3.63, 3.8) is 0 Å². The molecule has 3 rings (SSSR count). The lowest BCUT2D eigenvalue weighted by atomic mass is 9.62. The Morgan fingerprint density at radius 1 is 1.05 bits per heavy atom. The van der Waals surface area contributed by atoms with Crippen LogP contribution in [-0.2, 0) is 4.79 Å². The summed E-state index contributed by atoms with van der Waals surface area (Å²) in [5, 5.41) is 0. The van der Waals surface area contributed by atoms with Crippen molar-refractivity contribution < 1.29 is 18.8 Å². The average Bonchev–Trinajstić information content (AvgIpc) is 2.46. The van der Waals surface area contributed by atoms with Crippen molar-refractivity contribution in [2.75, 3.05) is 18.0 Å². The van der Waals surface area contributed by atoms with E-state index in [0.717, 1.165) is 18.9 Å². The molecular formula is C16H16FNO3. The van der Waals surface area contributed by atoms with Gasteiger partial charge < -0.3 is 4.90 Å². The van der Waals surface area contributed by atoms with E-state index in [2.05, 4.69) is 0 Å². The second-order valence-electron chi connectivity index (χ2n) is 6.05. The first-order chi connectivity index (χ1) is 10.1. The summed E-state index contributed by atoms with van der Waals surface area (Å²) in [5.74, 6) is -0.170. The van der Waals surface area contributed by atoms with Crippen LogP contribution in [0.1, 0.15) is 46.4 Å². The van der Waals surface area contributed by atoms with E-state index in [9.17, 15) is 18.8 Å². The van der Waals surface area contributed by atoms with Gasteiger partial charge in [0.05, 0.1) is 5.69 Å². The molecule has 0 unspecified atom stereocenters. The number of hydrogen-bond donors (Lipinski definition) is 0. The van der Waals surface area contributed by atoms with Crippen LogP contribution in [-0.4, -0.2) is 31.4 Å². The molecule has 1 aliphatic heterocycles. The Morgan fingerprint density at radius 2 is 1.62 bits per heavy atom. The molecule has 110 valence electrons. The zero-order valence-electron chi connectivity index (χ0n) is 11.6. The summed E-state index contributed by atoms with van der Waals surface area (Å²) >= 11 is 0. The van der Waals surface area contributed by atoms with Crippen LogP contribution in [0.15, 0.2) is 12.1 Å². The third-order valence-electron chi connectivity index (χ3n) is 4.72. The molecule has 1 saturated carbocycles. The van der Waals surface area contributed by atoms with Crippen LogP contribution in [0, 0.1) is 11.2 Å². The van der Waals surface area contributed by atoms with E-state index >= 15 is 0 Å². The molecular weight excluding hydrogens is 273 g/mol. The molecule has 0 amide bonds. The van der Waals surface area contributed by atoms with Crippen molar-refractivity contribution in [3.05, 3.63) is 29.1 Å². The fourth-order valence-electron chi connectivity index (χ4n) is 3.40. The van der Waals surface area contributed by atoms with Crippen LogP contribution in [0.3, 0.4) is 0 Å². The molecule has 1 saturated heterocycles. The molecule has 21 heavy (non-hydrogen) atoms. The zero-order valence-corrected chi connectivity index (χ0v) is 11.6. The maximum absolute atomic E-state index is 14.1. The number of anilines is 1. The lowest BCUT2D eigenvalue weighted by molar-refractivity contribution is -0.133. The molecule has 0 aromatic heterocycles. The van der Waals surface area contributed by atoms with E-state index in [0.29, 0.717) is 50.0 Å². The fourth-order valence-corrected chi connectivity index (χ4v) is 3.40. The molecule has 0 atom stereocenters. The van der Waals surface area contributed by atoms with Gasteiger partial charge in [0.25, 0.3) is 0 Å². The Kier molecular flexibility index (Phi) is 3.35. The van der Waals surface area contributed by atoms with Crippen LogP contribution < -0.4 is 4.90 Å². The van der Waals surface area contributed by atoms with E-state index in [1.54, 1.807) is 0 Å². The minimum Gasteiger partial charge on any atom is -0.369 e. The smallest absolute Gasteiger partial charge is 0.150 e. The van der Waals surface area contributed by atoms with Crippen molar-refractivity contribution in [2.45, 2.75) is 25.7 Å². The van der Waals surface area contributed by atoms with E-state index in [4.69, 9.17) is 0 Å². The number of aldehydes is 2. The molecule has 0 radical (unpaired) electrons. The van der Waals surface area contributed by atoms with Gasteiger partial charge in [0.15, 0.2) is 12.6 Å². The van der Waals surface area contributed by atoms with Crippen LogP contribution in [0.4, 0.5) is 10.1 Å². The molecule has 1 spiro atoms. The first kappa shape index (κ1) is 13.9. The maximum Gasteiger partial charge on any atom is 0.150 e. The van der Waals surface area contributed by atoms with Crippen molar-refractivity contribution in [2.24, 2.45) is 5.41 Å². The van der Waals surface area contributed by atoms with E-state index in [1.807, 2.05) is 4.90 Å². The van der Waals surface area contributed by atoms with Crippen molar-refractivity contribution in [3.8, 4) is 0 Å². The van der Waals surface area contributed by atoms with Crippen molar-refractivity contribution >= 4 is 24.0 Å². The summed E-state index contributed by atoms with van der Waals surface area (Å²) in [4.78, 5) is 34.9.